The van der Waals surface area contributed by atoms with Gasteiger partial charge in [-0.2, -0.15) is 0 Å². The van der Waals surface area contributed by atoms with Crippen LogP contribution < -0.4 is 0 Å². The van der Waals surface area contributed by atoms with Crippen LogP contribution in [0.15, 0.2) is 158 Å². The molecule has 0 saturated carbocycles. The number of aromatic nitrogens is 1. The SMILES string of the molecule is Cc1c(-c2ccc(-c3ccc4sc5ccccc5c4c3)cc2)cccc1-c1cc(-c2ccccc2)cc(-c2ccccc2)n1. The Morgan fingerprint density at radius 3 is 1.77 bits per heavy atom. The van der Waals surface area contributed by atoms with Crippen molar-refractivity contribution in [3.05, 3.63) is 163 Å². The zero-order valence-corrected chi connectivity index (χ0v) is 25.2. The van der Waals surface area contributed by atoms with Gasteiger partial charge in [-0.1, -0.05) is 127 Å². The van der Waals surface area contributed by atoms with Crippen LogP contribution >= 0.6 is 11.3 Å². The average Bonchev–Trinajstić information content (AvgIpc) is 3.47. The second kappa shape index (κ2) is 11.1. The average molecular weight is 580 g/mol. The first-order chi connectivity index (χ1) is 21.7. The molecule has 8 aromatic rings. The summed E-state index contributed by atoms with van der Waals surface area (Å²) in [7, 11) is 0. The molecule has 2 heterocycles. The topological polar surface area (TPSA) is 12.9 Å². The van der Waals surface area contributed by atoms with E-state index in [1.807, 2.05) is 17.4 Å². The van der Waals surface area contributed by atoms with Crippen LogP contribution in [0.4, 0.5) is 0 Å². The highest BCUT2D eigenvalue weighted by Crippen LogP contribution is 2.38. The van der Waals surface area contributed by atoms with Crippen LogP contribution in [-0.4, -0.2) is 4.98 Å². The van der Waals surface area contributed by atoms with Crippen molar-refractivity contribution in [2.24, 2.45) is 0 Å². The first-order valence-electron chi connectivity index (χ1n) is 15.0. The van der Waals surface area contributed by atoms with Gasteiger partial charge in [-0.3, -0.25) is 0 Å². The molecule has 0 unspecified atom stereocenters. The minimum Gasteiger partial charge on any atom is -0.248 e. The molecule has 208 valence electrons. The first kappa shape index (κ1) is 26.3. The fourth-order valence-corrected chi connectivity index (χ4v) is 7.28. The lowest BCUT2D eigenvalue weighted by Crippen LogP contribution is -1.94. The van der Waals surface area contributed by atoms with Crippen molar-refractivity contribution in [1.82, 2.24) is 4.98 Å². The smallest absolute Gasteiger partial charge is 0.0718 e. The zero-order valence-electron chi connectivity index (χ0n) is 24.4. The maximum atomic E-state index is 5.19. The van der Waals surface area contributed by atoms with Crippen LogP contribution in [0, 0.1) is 6.92 Å². The van der Waals surface area contributed by atoms with Gasteiger partial charge in [0.2, 0.25) is 0 Å². The Balaban J connectivity index is 1.18. The molecule has 0 aliphatic rings. The lowest BCUT2D eigenvalue weighted by atomic mass is 9.92. The third kappa shape index (κ3) is 4.80. The molecule has 2 aromatic heterocycles. The summed E-state index contributed by atoms with van der Waals surface area (Å²) in [5, 5.41) is 2.66. The number of hydrogen-bond donors (Lipinski definition) is 0. The van der Waals surface area contributed by atoms with E-state index >= 15 is 0 Å². The third-order valence-electron chi connectivity index (χ3n) is 8.52. The molecule has 0 amide bonds. The van der Waals surface area contributed by atoms with E-state index in [-0.39, 0.29) is 0 Å². The third-order valence-corrected chi connectivity index (χ3v) is 9.67. The Kier molecular flexibility index (Phi) is 6.63. The van der Waals surface area contributed by atoms with E-state index in [0.717, 1.165) is 22.5 Å². The normalized spacial score (nSPS) is 11.3. The molecule has 1 nitrogen and oxygen atoms in total. The fraction of sp³-hybridized carbons (Fsp3) is 0.0238. The molecule has 8 rings (SSSR count). The maximum Gasteiger partial charge on any atom is 0.0718 e. The molecule has 0 radical (unpaired) electrons. The van der Waals surface area contributed by atoms with Crippen LogP contribution in [0.2, 0.25) is 0 Å². The van der Waals surface area contributed by atoms with Crippen molar-refractivity contribution >= 4 is 31.5 Å². The summed E-state index contributed by atoms with van der Waals surface area (Å²) < 4.78 is 2.67. The highest BCUT2D eigenvalue weighted by atomic mass is 32.1. The molecule has 2 heteroatoms. The Morgan fingerprint density at radius 1 is 0.386 bits per heavy atom. The quantitative estimate of drug-likeness (QED) is 0.198. The van der Waals surface area contributed by atoms with Gasteiger partial charge in [-0.25, -0.2) is 4.98 Å². The van der Waals surface area contributed by atoms with Crippen molar-refractivity contribution in [3.8, 4) is 55.9 Å². The highest BCUT2D eigenvalue weighted by molar-refractivity contribution is 7.25. The molecule has 0 atom stereocenters. The number of benzene rings is 6. The Morgan fingerprint density at radius 2 is 0.977 bits per heavy atom. The molecule has 6 aromatic carbocycles. The summed E-state index contributed by atoms with van der Waals surface area (Å²) in [6, 6.07) is 56.5. The van der Waals surface area contributed by atoms with Gasteiger partial charge in [0.1, 0.15) is 0 Å². The van der Waals surface area contributed by atoms with Gasteiger partial charge >= 0.3 is 0 Å². The van der Waals surface area contributed by atoms with E-state index < -0.39 is 0 Å². The molecule has 44 heavy (non-hydrogen) atoms. The number of thiophene rings is 1. The lowest BCUT2D eigenvalue weighted by Gasteiger charge is -2.15. The Bertz CT molecular complexity index is 2200. The van der Waals surface area contributed by atoms with Crippen molar-refractivity contribution in [2.45, 2.75) is 6.92 Å². The summed E-state index contributed by atoms with van der Waals surface area (Å²) in [6.45, 7) is 2.22. The largest absolute Gasteiger partial charge is 0.248 e. The Hall–Kier alpha value is -5.31. The van der Waals surface area contributed by atoms with Gasteiger partial charge in [0.05, 0.1) is 11.4 Å². The van der Waals surface area contributed by atoms with E-state index in [4.69, 9.17) is 4.98 Å². The molecule has 0 N–H and O–H groups in total. The summed E-state index contributed by atoms with van der Waals surface area (Å²) in [5.74, 6) is 0. The minimum atomic E-state index is 0.978. The van der Waals surface area contributed by atoms with Crippen molar-refractivity contribution in [3.63, 3.8) is 0 Å². The van der Waals surface area contributed by atoms with Gasteiger partial charge < -0.3 is 0 Å². The standard InChI is InChI=1S/C42H29NS/c1-28-35(31-21-19-30(20-22-31)33-23-24-42-38(25-33)37-15-8-9-18-41(37)44-42)16-10-17-36(28)40-27-34(29-11-4-2-5-12-29)26-39(43-40)32-13-6-3-7-14-32/h2-27H,1H3. The van der Waals surface area contributed by atoms with Crippen LogP contribution in [0.3, 0.4) is 0 Å². The molecule has 0 bridgehead atoms. The van der Waals surface area contributed by atoms with Crippen LogP contribution in [0.25, 0.3) is 76.1 Å². The van der Waals surface area contributed by atoms with Crippen molar-refractivity contribution in [2.75, 3.05) is 0 Å². The number of hydrogen-bond acceptors (Lipinski definition) is 2. The van der Waals surface area contributed by atoms with Crippen LogP contribution in [0.5, 0.6) is 0 Å². The number of fused-ring (bicyclic) bond motifs is 3. The van der Waals surface area contributed by atoms with Crippen LogP contribution in [0.1, 0.15) is 5.56 Å². The molecule has 0 aliphatic carbocycles. The fourth-order valence-electron chi connectivity index (χ4n) is 6.20. The van der Waals surface area contributed by atoms with Gasteiger partial charge in [0.25, 0.3) is 0 Å². The summed E-state index contributed by atoms with van der Waals surface area (Å²) in [6.07, 6.45) is 0. The Labute approximate surface area is 261 Å². The van der Waals surface area contributed by atoms with E-state index in [1.54, 1.807) is 0 Å². The number of pyridine rings is 1. The summed E-state index contributed by atoms with van der Waals surface area (Å²) >= 11 is 1.86. The molecular formula is C42H29NS. The van der Waals surface area contributed by atoms with E-state index in [9.17, 15) is 0 Å². The molecule has 0 aliphatic heterocycles. The van der Waals surface area contributed by atoms with E-state index in [1.165, 1.54) is 59.1 Å². The van der Waals surface area contributed by atoms with Gasteiger partial charge in [0.15, 0.2) is 0 Å². The number of rotatable bonds is 5. The molecule has 0 saturated heterocycles. The molecular weight excluding hydrogens is 551 g/mol. The summed E-state index contributed by atoms with van der Waals surface area (Å²) in [5.41, 5.74) is 12.7. The number of nitrogens with zero attached hydrogens (tertiary/aromatic N) is 1. The van der Waals surface area contributed by atoms with Crippen molar-refractivity contribution < 1.29 is 0 Å². The monoisotopic (exact) mass is 579 g/mol. The first-order valence-corrected chi connectivity index (χ1v) is 15.8. The highest BCUT2D eigenvalue weighted by Gasteiger charge is 2.14. The predicted molar refractivity (Wildman–Crippen MR) is 189 cm³/mol. The second-order valence-electron chi connectivity index (χ2n) is 11.2. The van der Waals surface area contributed by atoms with E-state index in [0.29, 0.717) is 0 Å². The predicted octanol–water partition coefficient (Wildman–Crippen LogP) is 12.1. The summed E-state index contributed by atoms with van der Waals surface area (Å²) in [4.78, 5) is 5.19. The van der Waals surface area contributed by atoms with Gasteiger partial charge in [-0.05, 0) is 76.2 Å². The van der Waals surface area contributed by atoms with Crippen molar-refractivity contribution in [1.29, 1.82) is 0 Å². The minimum absolute atomic E-state index is 0.978. The molecule has 0 fully saturated rings. The second-order valence-corrected chi connectivity index (χ2v) is 12.3. The molecule has 0 spiro atoms. The maximum absolute atomic E-state index is 5.19. The van der Waals surface area contributed by atoms with Gasteiger partial charge in [-0.15, -0.1) is 11.3 Å². The van der Waals surface area contributed by atoms with Crippen LogP contribution in [-0.2, 0) is 0 Å². The van der Waals surface area contributed by atoms with E-state index in [2.05, 4.69) is 159 Å². The zero-order chi connectivity index (χ0) is 29.5. The van der Waals surface area contributed by atoms with Gasteiger partial charge in [0, 0.05) is 31.3 Å². The lowest BCUT2D eigenvalue weighted by molar-refractivity contribution is 1.30.